The van der Waals surface area contributed by atoms with Gasteiger partial charge in [-0.2, -0.15) is 0 Å². The fourth-order valence-corrected chi connectivity index (χ4v) is 2.66. The number of benzene rings is 1. The van der Waals surface area contributed by atoms with Gasteiger partial charge in [-0.15, -0.1) is 0 Å². The van der Waals surface area contributed by atoms with Crippen molar-refractivity contribution in [2.24, 2.45) is 5.41 Å². The third-order valence-electron chi connectivity index (χ3n) is 5.15. The van der Waals surface area contributed by atoms with Crippen LogP contribution in [0.1, 0.15) is 52.7 Å². The van der Waals surface area contributed by atoms with Crippen LogP contribution in [-0.2, 0) is 25.4 Å². The molecule has 1 saturated heterocycles. The van der Waals surface area contributed by atoms with E-state index in [0.717, 1.165) is 11.1 Å². The van der Waals surface area contributed by atoms with Crippen molar-refractivity contribution in [2.75, 3.05) is 0 Å². The lowest BCUT2D eigenvalue weighted by atomic mass is 9.70. The van der Waals surface area contributed by atoms with Crippen LogP contribution in [0.3, 0.4) is 0 Å². The number of carbonyl (C=O) groups is 1. The van der Waals surface area contributed by atoms with Crippen LogP contribution < -0.4 is 0 Å². The number of ether oxygens (including phenoxy) is 1. The van der Waals surface area contributed by atoms with Crippen molar-refractivity contribution in [1.29, 1.82) is 0 Å². The predicted octanol–water partition coefficient (Wildman–Crippen LogP) is 4.16. The van der Waals surface area contributed by atoms with Crippen molar-refractivity contribution in [2.45, 2.75) is 72.6 Å². The summed E-state index contributed by atoms with van der Waals surface area (Å²) >= 11 is 0. The first-order valence-electron chi connectivity index (χ1n) is 8.52. The molecule has 1 fully saturated rings. The van der Waals surface area contributed by atoms with Crippen molar-refractivity contribution >= 4 is 13.1 Å². The van der Waals surface area contributed by atoms with Crippen molar-refractivity contribution in [3.8, 4) is 0 Å². The standard InChI is InChI=1S/C19H29BO4/c1-14-10-8-9-11-15(14)12-22-16(21)17(2,3)13-20-23-18(4,5)19(6,7)24-20/h8-11H,12-13H2,1-7H3. The molecule has 0 amide bonds. The minimum absolute atomic E-state index is 0.236. The molecule has 0 saturated carbocycles. The fraction of sp³-hybridized carbons (Fsp3) is 0.632. The Morgan fingerprint density at radius 2 is 1.67 bits per heavy atom. The molecule has 4 nitrogen and oxygen atoms in total. The van der Waals surface area contributed by atoms with E-state index in [0.29, 0.717) is 6.32 Å². The van der Waals surface area contributed by atoms with E-state index in [-0.39, 0.29) is 12.6 Å². The second-order valence-electron chi connectivity index (χ2n) is 8.28. The van der Waals surface area contributed by atoms with Gasteiger partial charge < -0.3 is 14.0 Å². The van der Waals surface area contributed by atoms with E-state index >= 15 is 0 Å². The summed E-state index contributed by atoms with van der Waals surface area (Å²) in [5.41, 5.74) is 0.688. The Morgan fingerprint density at radius 3 is 2.21 bits per heavy atom. The SMILES string of the molecule is Cc1ccccc1COC(=O)C(C)(C)CB1OC(C)(C)C(C)(C)O1. The van der Waals surface area contributed by atoms with Crippen molar-refractivity contribution < 1.29 is 18.8 Å². The van der Waals surface area contributed by atoms with E-state index in [2.05, 4.69) is 0 Å². The number of esters is 1. The smallest absolute Gasteiger partial charge is 0.458 e. The van der Waals surface area contributed by atoms with Crippen LogP contribution in [0.25, 0.3) is 0 Å². The van der Waals surface area contributed by atoms with E-state index in [4.69, 9.17) is 14.0 Å². The summed E-state index contributed by atoms with van der Waals surface area (Å²) in [4.78, 5) is 12.5. The summed E-state index contributed by atoms with van der Waals surface area (Å²) in [5.74, 6) is -0.236. The van der Waals surface area contributed by atoms with Crippen LogP contribution in [0, 0.1) is 12.3 Å². The molecule has 0 spiro atoms. The molecule has 1 aromatic rings. The van der Waals surface area contributed by atoms with Gasteiger partial charge >= 0.3 is 13.1 Å². The highest BCUT2D eigenvalue weighted by molar-refractivity contribution is 6.46. The Hall–Kier alpha value is -1.33. The van der Waals surface area contributed by atoms with Crippen LogP contribution in [0.15, 0.2) is 24.3 Å². The summed E-state index contributed by atoms with van der Waals surface area (Å²) in [5, 5.41) is 0. The minimum atomic E-state index is -0.677. The monoisotopic (exact) mass is 332 g/mol. The van der Waals surface area contributed by atoms with Gasteiger partial charge in [-0.1, -0.05) is 24.3 Å². The van der Waals surface area contributed by atoms with E-state index < -0.39 is 23.7 Å². The van der Waals surface area contributed by atoms with Gasteiger partial charge in [0.2, 0.25) is 0 Å². The first kappa shape index (κ1) is 19.0. The highest BCUT2D eigenvalue weighted by atomic mass is 16.7. The summed E-state index contributed by atoms with van der Waals surface area (Å²) in [6.45, 7) is 14.1. The maximum atomic E-state index is 12.5. The number of carbonyl (C=O) groups excluding carboxylic acids is 1. The Bertz CT molecular complexity index is 591. The zero-order valence-electron chi connectivity index (χ0n) is 15.9. The van der Waals surface area contributed by atoms with Crippen LogP contribution in [-0.4, -0.2) is 24.3 Å². The summed E-state index contributed by atoms with van der Waals surface area (Å²) in [6.07, 6.45) is 0.465. The van der Waals surface area contributed by atoms with Crippen LogP contribution in [0.4, 0.5) is 0 Å². The van der Waals surface area contributed by atoms with E-state index in [1.165, 1.54) is 0 Å². The molecule has 1 heterocycles. The lowest BCUT2D eigenvalue weighted by Gasteiger charge is -2.32. The molecule has 2 rings (SSSR count). The van der Waals surface area contributed by atoms with E-state index in [1.54, 1.807) is 0 Å². The zero-order valence-corrected chi connectivity index (χ0v) is 15.9. The fourth-order valence-electron chi connectivity index (χ4n) is 2.66. The highest BCUT2D eigenvalue weighted by Gasteiger charge is 2.53. The normalized spacial score (nSPS) is 19.4. The molecule has 0 N–H and O–H groups in total. The van der Waals surface area contributed by atoms with Gasteiger partial charge in [-0.3, -0.25) is 4.79 Å². The van der Waals surface area contributed by atoms with Gasteiger partial charge in [0.15, 0.2) is 0 Å². The molecule has 0 bridgehead atoms. The lowest BCUT2D eigenvalue weighted by molar-refractivity contribution is -0.154. The van der Waals surface area contributed by atoms with Crippen molar-refractivity contribution in [3.05, 3.63) is 35.4 Å². The quantitative estimate of drug-likeness (QED) is 0.600. The van der Waals surface area contributed by atoms with Crippen molar-refractivity contribution in [3.63, 3.8) is 0 Å². The number of hydrogen-bond donors (Lipinski definition) is 0. The third-order valence-corrected chi connectivity index (χ3v) is 5.15. The van der Waals surface area contributed by atoms with Gasteiger partial charge in [0.25, 0.3) is 0 Å². The Kier molecular flexibility index (Phi) is 5.17. The summed E-state index contributed by atoms with van der Waals surface area (Å²) in [6, 6.07) is 7.91. The average molecular weight is 332 g/mol. The second-order valence-corrected chi connectivity index (χ2v) is 8.28. The topological polar surface area (TPSA) is 44.8 Å². The number of hydrogen-bond acceptors (Lipinski definition) is 4. The molecule has 0 aliphatic carbocycles. The molecule has 0 atom stereocenters. The predicted molar refractivity (Wildman–Crippen MR) is 95.6 cm³/mol. The minimum Gasteiger partial charge on any atom is -0.460 e. The Morgan fingerprint density at radius 1 is 1.12 bits per heavy atom. The van der Waals surface area contributed by atoms with E-state index in [1.807, 2.05) is 72.7 Å². The largest absolute Gasteiger partial charge is 0.460 e. The highest BCUT2D eigenvalue weighted by Crippen LogP contribution is 2.40. The Balaban J connectivity index is 1.95. The summed E-state index contributed by atoms with van der Waals surface area (Å²) < 4.78 is 17.5. The molecule has 1 aliphatic rings. The molecule has 0 aromatic heterocycles. The molecule has 0 radical (unpaired) electrons. The van der Waals surface area contributed by atoms with Crippen LogP contribution in [0.2, 0.25) is 6.32 Å². The van der Waals surface area contributed by atoms with Gasteiger partial charge in [0, 0.05) is 0 Å². The third kappa shape index (κ3) is 4.01. The van der Waals surface area contributed by atoms with E-state index in [9.17, 15) is 4.79 Å². The van der Waals surface area contributed by atoms with Gasteiger partial charge in [0.05, 0.1) is 16.6 Å². The molecule has 0 unspecified atom stereocenters. The summed E-state index contributed by atoms with van der Waals surface area (Å²) in [7, 11) is -0.406. The average Bonchev–Trinajstić information content (AvgIpc) is 2.64. The Labute approximate surface area is 146 Å². The lowest BCUT2D eigenvalue weighted by Crippen LogP contribution is -2.41. The molecule has 24 heavy (non-hydrogen) atoms. The first-order chi connectivity index (χ1) is 10.9. The maximum Gasteiger partial charge on any atom is 0.458 e. The molecule has 1 aliphatic heterocycles. The second kappa shape index (κ2) is 6.53. The van der Waals surface area contributed by atoms with Gasteiger partial charge in [-0.05, 0) is 65.9 Å². The van der Waals surface area contributed by atoms with Gasteiger partial charge in [0.1, 0.15) is 6.61 Å². The number of rotatable bonds is 5. The van der Waals surface area contributed by atoms with Crippen LogP contribution in [0.5, 0.6) is 0 Å². The maximum absolute atomic E-state index is 12.5. The molecule has 1 aromatic carbocycles. The zero-order chi connectivity index (χ0) is 18.2. The first-order valence-corrected chi connectivity index (χ1v) is 8.52. The van der Waals surface area contributed by atoms with Crippen LogP contribution >= 0.6 is 0 Å². The number of aryl methyl sites for hydroxylation is 1. The molecule has 5 heteroatoms. The molecule has 132 valence electrons. The molecular weight excluding hydrogens is 303 g/mol. The molecular formula is C19H29BO4. The van der Waals surface area contributed by atoms with Crippen molar-refractivity contribution in [1.82, 2.24) is 0 Å². The van der Waals surface area contributed by atoms with Gasteiger partial charge in [-0.25, -0.2) is 0 Å².